The van der Waals surface area contributed by atoms with Gasteiger partial charge in [0.25, 0.3) is 0 Å². The lowest BCUT2D eigenvalue weighted by atomic mass is 10.3. The lowest BCUT2D eigenvalue weighted by Gasteiger charge is -2.04. The molecule has 0 bridgehead atoms. The number of allylic oxidation sites excluding steroid dienone is 2. The van der Waals surface area contributed by atoms with Crippen molar-refractivity contribution in [2.45, 2.75) is 25.0 Å². The van der Waals surface area contributed by atoms with E-state index in [9.17, 15) is 8.42 Å². The maximum Gasteiger partial charge on any atom is 0.212 e. The minimum atomic E-state index is -3.29. The van der Waals surface area contributed by atoms with Crippen molar-refractivity contribution in [1.82, 2.24) is 0 Å². The lowest BCUT2D eigenvalue weighted by Crippen LogP contribution is -2.26. The Labute approximate surface area is 61.0 Å². The summed E-state index contributed by atoms with van der Waals surface area (Å²) in [5.74, 6) is 0. The van der Waals surface area contributed by atoms with E-state index in [-0.39, 0.29) is 5.25 Å². The summed E-state index contributed by atoms with van der Waals surface area (Å²) in [4.78, 5) is 0. The zero-order valence-corrected chi connectivity index (χ0v) is 6.69. The molecule has 0 aromatic rings. The van der Waals surface area contributed by atoms with Crippen LogP contribution in [-0.4, -0.2) is 13.7 Å². The summed E-state index contributed by atoms with van der Waals surface area (Å²) < 4.78 is 21.4. The van der Waals surface area contributed by atoms with Crippen molar-refractivity contribution in [2.24, 2.45) is 5.14 Å². The maximum atomic E-state index is 10.7. The first-order chi connectivity index (χ1) is 4.50. The van der Waals surface area contributed by atoms with Crippen LogP contribution in [-0.2, 0) is 10.0 Å². The Kier molecular flexibility index (Phi) is 1.83. The van der Waals surface area contributed by atoms with Crippen LogP contribution in [0, 0.1) is 0 Å². The monoisotopic (exact) mass is 161 g/mol. The van der Waals surface area contributed by atoms with E-state index < -0.39 is 10.0 Å². The fourth-order valence-electron chi connectivity index (χ4n) is 1.11. The van der Waals surface area contributed by atoms with Gasteiger partial charge in [0.05, 0.1) is 5.25 Å². The first-order valence-corrected chi connectivity index (χ1v) is 4.78. The number of sulfonamides is 1. The molecule has 0 radical (unpaired) electrons. The molecule has 10 heavy (non-hydrogen) atoms. The van der Waals surface area contributed by atoms with Crippen LogP contribution in [0.4, 0.5) is 0 Å². The highest BCUT2D eigenvalue weighted by Gasteiger charge is 2.24. The molecule has 1 aliphatic rings. The Morgan fingerprint density at radius 3 is 2.50 bits per heavy atom. The van der Waals surface area contributed by atoms with E-state index in [0.29, 0.717) is 12.8 Å². The number of nitrogens with two attached hydrogens (primary N) is 1. The Hall–Kier alpha value is -0.350. The topological polar surface area (TPSA) is 60.2 Å². The van der Waals surface area contributed by atoms with Gasteiger partial charge >= 0.3 is 0 Å². The van der Waals surface area contributed by atoms with Crippen molar-refractivity contribution in [3.05, 3.63) is 11.6 Å². The van der Waals surface area contributed by atoms with Gasteiger partial charge in [-0.05, 0) is 19.8 Å². The molecule has 0 saturated heterocycles. The third-order valence-corrected chi connectivity index (χ3v) is 3.03. The van der Waals surface area contributed by atoms with E-state index in [0.717, 1.165) is 5.57 Å². The van der Waals surface area contributed by atoms with E-state index >= 15 is 0 Å². The van der Waals surface area contributed by atoms with Crippen LogP contribution in [0.5, 0.6) is 0 Å². The third kappa shape index (κ3) is 1.58. The first kappa shape index (κ1) is 7.75. The van der Waals surface area contributed by atoms with Gasteiger partial charge in [-0.25, -0.2) is 13.6 Å². The van der Waals surface area contributed by atoms with E-state index in [2.05, 4.69) is 0 Å². The summed E-state index contributed by atoms with van der Waals surface area (Å²) in [6.07, 6.45) is 3.12. The van der Waals surface area contributed by atoms with E-state index in [4.69, 9.17) is 5.14 Å². The maximum absolute atomic E-state index is 10.7. The molecule has 1 rings (SSSR count). The second-order valence-electron chi connectivity index (χ2n) is 2.70. The summed E-state index contributed by atoms with van der Waals surface area (Å²) in [5, 5.41) is 4.59. The van der Waals surface area contributed by atoms with Gasteiger partial charge in [-0.3, -0.25) is 0 Å². The average Bonchev–Trinajstić information content (AvgIpc) is 2.11. The normalized spacial score (nSPS) is 26.6. The Bertz CT molecular complexity index is 253. The molecule has 0 heterocycles. The SMILES string of the molecule is CC1=CCC(S(N)(=O)=O)C1. The predicted octanol–water partition coefficient (Wildman–Crippen LogP) is 0.384. The van der Waals surface area contributed by atoms with Crippen molar-refractivity contribution in [2.75, 3.05) is 0 Å². The smallest absolute Gasteiger partial charge is 0.212 e. The molecule has 4 heteroatoms. The zero-order valence-electron chi connectivity index (χ0n) is 5.87. The fraction of sp³-hybridized carbons (Fsp3) is 0.667. The van der Waals surface area contributed by atoms with Crippen molar-refractivity contribution >= 4 is 10.0 Å². The third-order valence-electron chi connectivity index (χ3n) is 1.74. The van der Waals surface area contributed by atoms with Crippen molar-refractivity contribution in [3.8, 4) is 0 Å². The molecular formula is C6H11NO2S. The van der Waals surface area contributed by atoms with Crippen LogP contribution in [0.25, 0.3) is 0 Å². The van der Waals surface area contributed by atoms with Crippen LogP contribution in [0.1, 0.15) is 19.8 Å². The molecule has 0 amide bonds. The van der Waals surface area contributed by atoms with Crippen molar-refractivity contribution < 1.29 is 8.42 Å². The van der Waals surface area contributed by atoms with Crippen molar-refractivity contribution in [3.63, 3.8) is 0 Å². The Morgan fingerprint density at radius 2 is 2.30 bits per heavy atom. The molecular weight excluding hydrogens is 150 g/mol. The highest BCUT2D eigenvalue weighted by atomic mass is 32.2. The minimum absolute atomic E-state index is 0.354. The molecule has 0 saturated carbocycles. The van der Waals surface area contributed by atoms with Gasteiger partial charge in [0, 0.05) is 0 Å². The minimum Gasteiger partial charge on any atom is -0.228 e. The summed E-state index contributed by atoms with van der Waals surface area (Å²) in [6, 6.07) is 0. The summed E-state index contributed by atoms with van der Waals surface area (Å²) in [5.41, 5.74) is 1.12. The highest BCUT2D eigenvalue weighted by Crippen LogP contribution is 2.22. The molecule has 58 valence electrons. The molecule has 0 aliphatic heterocycles. The van der Waals surface area contributed by atoms with Gasteiger partial charge in [-0.15, -0.1) is 0 Å². The highest BCUT2D eigenvalue weighted by molar-refractivity contribution is 7.89. The molecule has 0 aromatic heterocycles. The van der Waals surface area contributed by atoms with Gasteiger partial charge < -0.3 is 0 Å². The van der Waals surface area contributed by atoms with Crippen LogP contribution < -0.4 is 5.14 Å². The Morgan fingerprint density at radius 1 is 1.70 bits per heavy atom. The second kappa shape index (κ2) is 2.36. The quantitative estimate of drug-likeness (QED) is 0.565. The molecule has 0 spiro atoms. The van der Waals surface area contributed by atoms with Gasteiger partial charge in [-0.2, -0.15) is 0 Å². The van der Waals surface area contributed by atoms with Crippen LogP contribution in [0.3, 0.4) is 0 Å². The Balaban J connectivity index is 2.68. The number of hydrogen-bond acceptors (Lipinski definition) is 2. The molecule has 1 aliphatic carbocycles. The standard InChI is InChI=1S/C6H11NO2S/c1-5-2-3-6(4-5)10(7,8)9/h2,6H,3-4H2,1H3,(H2,7,8,9). The number of primary sulfonamides is 1. The molecule has 1 atom stereocenters. The molecule has 0 aromatic carbocycles. The first-order valence-electron chi connectivity index (χ1n) is 3.17. The zero-order chi connectivity index (χ0) is 7.78. The van der Waals surface area contributed by atoms with Gasteiger partial charge in [0.15, 0.2) is 0 Å². The summed E-state index contributed by atoms with van der Waals surface area (Å²) in [7, 11) is -3.29. The molecule has 0 fully saturated rings. The largest absolute Gasteiger partial charge is 0.228 e. The molecule has 2 N–H and O–H groups in total. The summed E-state index contributed by atoms with van der Waals surface area (Å²) in [6.45, 7) is 1.92. The fourth-order valence-corrected chi connectivity index (χ4v) is 1.97. The average molecular weight is 161 g/mol. The number of hydrogen-bond donors (Lipinski definition) is 1. The predicted molar refractivity (Wildman–Crippen MR) is 39.9 cm³/mol. The van der Waals surface area contributed by atoms with Crippen molar-refractivity contribution in [1.29, 1.82) is 0 Å². The van der Waals surface area contributed by atoms with E-state index in [1.54, 1.807) is 0 Å². The van der Waals surface area contributed by atoms with Crippen LogP contribution in [0.2, 0.25) is 0 Å². The van der Waals surface area contributed by atoms with E-state index in [1.165, 1.54) is 0 Å². The van der Waals surface area contributed by atoms with Gasteiger partial charge in [0.2, 0.25) is 10.0 Å². The van der Waals surface area contributed by atoms with E-state index in [1.807, 2.05) is 13.0 Å². The number of rotatable bonds is 1. The molecule has 3 nitrogen and oxygen atoms in total. The van der Waals surface area contributed by atoms with Gasteiger partial charge in [0.1, 0.15) is 0 Å². The summed E-state index contributed by atoms with van der Waals surface area (Å²) >= 11 is 0. The second-order valence-corrected chi connectivity index (χ2v) is 4.55. The van der Waals surface area contributed by atoms with Crippen LogP contribution >= 0.6 is 0 Å². The lowest BCUT2D eigenvalue weighted by molar-refractivity contribution is 0.583. The van der Waals surface area contributed by atoms with Crippen LogP contribution in [0.15, 0.2) is 11.6 Å². The van der Waals surface area contributed by atoms with Gasteiger partial charge in [-0.1, -0.05) is 11.6 Å². The molecule has 1 unspecified atom stereocenters.